The molecule has 1 aliphatic heterocycles. The van der Waals surface area contributed by atoms with E-state index in [4.69, 9.17) is 16.6 Å². The summed E-state index contributed by atoms with van der Waals surface area (Å²) in [6, 6.07) is 22.5. The second kappa shape index (κ2) is 8.41. The van der Waals surface area contributed by atoms with Crippen LogP contribution < -0.4 is 10.2 Å². The van der Waals surface area contributed by atoms with Gasteiger partial charge in [0.2, 0.25) is 0 Å². The molecule has 0 unspecified atom stereocenters. The number of benzene rings is 2. The lowest BCUT2D eigenvalue weighted by atomic mass is 10.0. The Morgan fingerprint density at radius 1 is 1.06 bits per heavy atom. The number of nitrogens with zero attached hydrogens (tertiary/aromatic N) is 2. The first kappa shape index (κ1) is 20.7. The van der Waals surface area contributed by atoms with Gasteiger partial charge in [-0.15, -0.1) is 0 Å². The van der Waals surface area contributed by atoms with Gasteiger partial charge >= 0.3 is 0 Å². The minimum atomic E-state index is -0.330. The van der Waals surface area contributed by atoms with Crippen molar-refractivity contribution in [1.29, 1.82) is 0 Å². The third-order valence-electron chi connectivity index (χ3n) is 5.55. The molecule has 0 aliphatic carbocycles. The van der Waals surface area contributed by atoms with Crippen LogP contribution in [-0.2, 0) is 0 Å². The van der Waals surface area contributed by atoms with E-state index >= 15 is 0 Å². The number of thiocarbonyl (C=S) groups is 1. The molecule has 0 radical (unpaired) electrons. The molecule has 1 saturated heterocycles. The number of anilines is 1. The number of aryl methyl sites for hydroxylation is 1. The average molecular weight is 506 g/mol. The van der Waals surface area contributed by atoms with Gasteiger partial charge in [0.25, 0.3) is 0 Å². The molecule has 7 heteroatoms. The summed E-state index contributed by atoms with van der Waals surface area (Å²) < 4.78 is 7.36. The first-order chi connectivity index (χ1) is 15.5. The number of pyridine rings is 1. The quantitative estimate of drug-likeness (QED) is 0.317. The molecule has 0 saturated carbocycles. The van der Waals surface area contributed by atoms with E-state index in [1.165, 1.54) is 5.56 Å². The van der Waals surface area contributed by atoms with E-state index < -0.39 is 0 Å². The largest absolute Gasteiger partial charge is 0.506 e. The van der Waals surface area contributed by atoms with Crippen LogP contribution in [0.3, 0.4) is 0 Å². The first-order valence-corrected chi connectivity index (χ1v) is 11.4. The number of aromatic nitrogens is 1. The highest BCUT2D eigenvalue weighted by Gasteiger charge is 2.43. The van der Waals surface area contributed by atoms with Crippen molar-refractivity contribution >= 4 is 38.9 Å². The van der Waals surface area contributed by atoms with Gasteiger partial charge in [-0.05, 0) is 73.2 Å². The van der Waals surface area contributed by atoms with E-state index in [-0.39, 0.29) is 17.8 Å². The van der Waals surface area contributed by atoms with Crippen LogP contribution in [-0.4, -0.2) is 15.2 Å². The Bertz CT molecular complexity index is 1290. The van der Waals surface area contributed by atoms with Gasteiger partial charge in [0.05, 0.1) is 17.4 Å². The average Bonchev–Trinajstić information content (AvgIpc) is 3.39. The molecule has 2 atom stereocenters. The van der Waals surface area contributed by atoms with Crippen LogP contribution in [0.25, 0.3) is 11.3 Å². The minimum absolute atomic E-state index is 0.149. The number of nitrogens with one attached hydrogen (secondary N) is 1. The predicted octanol–water partition coefficient (Wildman–Crippen LogP) is 6.30. The van der Waals surface area contributed by atoms with Crippen molar-refractivity contribution in [2.45, 2.75) is 19.0 Å². The van der Waals surface area contributed by atoms with E-state index in [1.54, 1.807) is 18.3 Å². The van der Waals surface area contributed by atoms with E-state index in [0.717, 1.165) is 27.3 Å². The van der Waals surface area contributed by atoms with Gasteiger partial charge in [-0.3, -0.25) is 4.98 Å². The van der Waals surface area contributed by atoms with Crippen molar-refractivity contribution in [3.8, 4) is 17.1 Å². The Balaban J connectivity index is 1.62. The predicted molar refractivity (Wildman–Crippen MR) is 133 cm³/mol. The maximum Gasteiger partial charge on any atom is 0.174 e. The lowest BCUT2D eigenvalue weighted by Crippen LogP contribution is -2.29. The maximum atomic E-state index is 10.6. The summed E-state index contributed by atoms with van der Waals surface area (Å²) in [6.45, 7) is 2.05. The van der Waals surface area contributed by atoms with Gasteiger partial charge in [-0.25, -0.2) is 0 Å². The van der Waals surface area contributed by atoms with Crippen molar-refractivity contribution in [1.82, 2.24) is 10.3 Å². The molecule has 1 fully saturated rings. The smallest absolute Gasteiger partial charge is 0.174 e. The Kier molecular flexibility index (Phi) is 5.45. The highest BCUT2D eigenvalue weighted by atomic mass is 79.9. The first-order valence-electron chi connectivity index (χ1n) is 10.2. The van der Waals surface area contributed by atoms with E-state index in [0.29, 0.717) is 10.8 Å². The molecule has 3 heterocycles. The fourth-order valence-electron chi connectivity index (χ4n) is 4.05. The number of hydrogen-bond acceptors (Lipinski definition) is 4. The number of para-hydroxylation sites is 2. The second-order valence-electron chi connectivity index (χ2n) is 7.67. The Morgan fingerprint density at radius 3 is 2.62 bits per heavy atom. The Morgan fingerprint density at radius 2 is 1.88 bits per heavy atom. The number of phenolic OH excluding ortho intramolecular Hbond substituents is 1. The summed E-state index contributed by atoms with van der Waals surface area (Å²) in [7, 11) is 0. The van der Waals surface area contributed by atoms with Crippen molar-refractivity contribution in [2.24, 2.45) is 0 Å². The number of hydrogen-bond donors (Lipinski definition) is 2. The van der Waals surface area contributed by atoms with Gasteiger partial charge < -0.3 is 19.7 Å². The molecule has 2 aromatic carbocycles. The Hall–Kier alpha value is -3.16. The standard InChI is InChI=1S/C25H20BrN3O2S/c1-15-9-10-16(17(26)14-15)21-11-12-22(31-21)24-23(18-6-4-5-13-27-18)28-25(32)29(24)19-7-2-3-8-20(19)30/h2-14,23-24,30H,1H3,(H,28,32)/t23-,24-/m0/s1. The third kappa shape index (κ3) is 3.67. The molecular weight excluding hydrogens is 486 g/mol. The van der Waals surface area contributed by atoms with Crippen LogP contribution in [0.1, 0.15) is 29.1 Å². The van der Waals surface area contributed by atoms with Gasteiger partial charge in [0.1, 0.15) is 23.3 Å². The lowest BCUT2D eigenvalue weighted by molar-refractivity contribution is 0.434. The number of rotatable bonds is 4. The molecule has 0 spiro atoms. The van der Waals surface area contributed by atoms with Crippen LogP contribution in [0, 0.1) is 6.92 Å². The molecular formula is C25H20BrN3O2S. The van der Waals surface area contributed by atoms with Gasteiger partial charge in [0, 0.05) is 16.2 Å². The van der Waals surface area contributed by atoms with E-state index in [1.807, 2.05) is 53.4 Å². The van der Waals surface area contributed by atoms with Crippen LogP contribution in [0.2, 0.25) is 0 Å². The monoisotopic (exact) mass is 505 g/mol. The zero-order chi connectivity index (χ0) is 22.2. The fourth-order valence-corrected chi connectivity index (χ4v) is 5.08. The summed E-state index contributed by atoms with van der Waals surface area (Å²) in [4.78, 5) is 6.45. The van der Waals surface area contributed by atoms with Gasteiger partial charge in [0.15, 0.2) is 5.11 Å². The van der Waals surface area contributed by atoms with Gasteiger partial charge in [-0.2, -0.15) is 0 Å². The molecule has 5 rings (SSSR count). The van der Waals surface area contributed by atoms with Crippen LogP contribution in [0.5, 0.6) is 5.75 Å². The summed E-state index contributed by atoms with van der Waals surface area (Å²) in [6.07, 6.45) is 1.76. The topological polar surface area (TPSA) is 61.5 Å². The molecule has 4 aromatic rings. The van der Waals surface area contributed by atoms with E-state index in [2.05, 4.69) is 45.3 Å². The molecule has 160 valence electrons. The third-order valence-corrected chi connectivity index (χ3v) is 6.52. The molecule has 0 bridgehead atoms. The molecule has 0 amide bonds. The molecule has 2 aromatic heterocycles. The number of phenols is 1. The van der Waals surface area contributed by atoms with Gasteiger partial charge in [-0.1, -0.05) is 40.2 Å². The molecule has 2 N–H and O–H groups in total. The van der Waals surface area contributed by atoms with Crippen molar-refractivity contribution in [3.05, 3.63) is 100 Å². The lowest BCUT2D eigenvalue weighted by Gasteiger charge is -2.26. The summed E-state index contributed by atoms with van der Waals surface area (Å²) in [5.74, 6) is 1.62. The second-order valence-corrected chi connectivity index (χ2v) is 8.91. The number of furan rings is 1. The highest BCUT2D eigenvalue weighted by molar-refractivity contribution is 9.10. The van der Waals surface area contributed by atoms with Crippen molar-refractivity contribution in [3.63, 3.8) is 0 Å². The molecule has 1 aliphatic rings. The zero-order valence-electron chi connectivity index (χ0n) is 17.2. The summed E-state index contributed by atoms with van der Waals surface area (Å²) in [5.41, 5.74) is 3.59. The maximum absolute atomic E-state index is 10.6. The summed E-state index contributed by atoms with van der Waals surface area (Å²) >= 11 is 9.34. The highest BCUT2D eigenvalue weighted by Crippen LogP contribution is 2.45. The number of halogens is 1. The van der Waals surface area contributed by atoms with Crippen LogP contribution in [0.4, 0.5) is 5.69 Å². The zero-order valence-corrected chi connectivity index (χ0v) is 19.6. The fraction of sp³-hybridized carbons (Fsp3) is 0.120. The number of aromatic hydroxyl groups is 1. The molecule has 5 nitrogen and oxygen atoms in total. The Labute approximate surface area is 199 Å². The SMILES string of the molecule is Cc1ccc(-c2ccc([C@H]3[C@H](c4ccccn4)NC(=S)N3c3ccccc3O)o2)c(Br)c1. The van der Waals surface area contributed by atoms with E-state index in [9.17, 15) is 5.11 Å². The minimum Gasteiger partial charge on any atom is -0.506 e. The van der Waals surface area contributed by atoms with Crippen molar-refractivity contribution in [2.75, 3.05) is 4.90 Å². The summed E-state index contributed by atoms with van der Waals surface area (Å²) in [5, 5.41) is 14.5. The van der Waals surface area contributed by atoms with Crippen molar-refractivity contribution < 1.29 is 9.52 Å². The van der Waals surface area contributed by atoms with Crippen LogP contribution in [0.15, 0.2) is 87.9 Å². The molecule has 32 heavy (non-hydrogen) atoms. The van der Waals surface area contributed by atoms with Crippen LogP contribution >= 0.6 is 28.1 Å². The normalized spacial score (nSPS) is 18.1.